The smallest absolute Gasteiger partial charge is 0.234 e. The number of carbonyl (C=O) groups excluding carboxylic acids is 2. The molecule has 0 spiro atoms. The predicted octanol–water partition coefficient (Wildman–Crippen LogP) is 1.95. The molecule has 3 rings (SSSR count). The summed E-state index contributed by atoms with van der Waals surface area (Å²) in [6.07, 6.45) is 4.75. The molecule has 1 fully saturated rings. The molecule has 0 unspecified atom stereocenters. The van der Waals surface area contributed by atoms with Crippen LogP contribution in [-0.4, -0.2) is 41.3 Å². The lowest BCUT2D eigenvalue weighted by molar-refractivity contribution is -0.123. The number of aryl methyl sites for hydroxylation is 1. The molecule has 138 valence electrons. The Labute approximate surface area is 152 Å². The quantitative estimate of drug-likeness (QED) is 0.826. The van der Waals surface area contributed by atoms with Crippen LogP contribution < -0.4 is 10.6 Å². The SMILES string of the molecule is Cc1ccnc(NC(=O)C2CCN(CC(=O)NCc3ccco3)CC2)c1. The number of furan rings is 1. The molecule has 2 aromatic heterocycles. The van der Waals surface area contributed by atoms with Gasteiger partial charge in [-0.1, -0.05) is 0 Å². The molecule has 7 nitrogen and oxygen atoms in total. The van der Waals surface area contributed by atoms with Gasteiger partial charge in [0, 0.05) is 12.1 Å². The molecule has 3 heterocycles. The van der Waals surface area contributed by atoms with Crippen molar-refractivity contribution >= 4 is 17.6 Å². The molecule has 2 N–H and O–H groups in total. The van der Waals surface area contributed by atoms with Gasteiger partial charge in [0.25, 0.3) is 0 Å². The van der Waals surface area contributed by atoms with E-state index in [1.807, 2.05) is 25.1 Å². The van der Waals surface area contributed by atoms with Crippen molar-refractivity contribution in [2.45, 2.75) is 26.3 Å². The highest BCUT2D eigenvalue weighted by molar-refractivity contribution is 5.91. The number of hydrogen-bond acceptors (Lipinski definition) is 5. The number of amides is 2. The summed E-state index contributed by atoms with van der Waals surface area (Å²) in [4.78, 5) is 30.6. The van der Waals surface area contributed by atoms with Crippen LogP contribution in [0.25, 0.3) is 0 Å². The summed E-state index contributed by atoms with van der Waals surface area (Å²) >= 11 is 0. The van der Waals surface area contributed by atoms with Crippen molar-refractivity contribution in [1.82, 2.24) is 15.2 Å². The summed E-state index contributed by atoms with van der Waals surface area (Å²) in [5.41, 5.74) is 1.06. The molecule has 2 amide bonds. The molecular formula is C19H24N4O3. The van der Waals surface area contributed by atoms with Gasteiger partial charge in [0.1, 0.15) is 11.6 Å². The first-order valence-corrected chi connectivity index (χ1v) is 8.85. The van der Waals surface area contributed by atoms with E-state index < -0.39 is 0 Å². The molecule has 1 saturated heterocycles. The van der Waals surface area contributed by atoms with Crippen LogP contribution in [-0.2, 0) is 16.1 Å². The number of rotatable bonds is 6. The standard InChI is InChI=1S/C19H24N4O3/c1-14-4-7-20-17(11-14)22-19(25)15-5-8-23(9-6-15)13-18(24)21-12-16-3-2-10-26-16/h2-4,7,10-11,15H,5-6,8-9,12-13H2,1H3,(H,21,24)(H,20,22,25). The predicted molar refractivity (Wildman–Crippen MR) is 97.3 cm³/mol. The highest BCUT2D eigenvalue weighted by Gasteiger charge is 2.26. The van der Waals surface area contributed by atoms with E-state index in [0.29, 0.717) is 18.9 Å². The minimum Gasteiger partial charge on any atom is -0.467 e. The molecule has 26 heavy (non-hydrogen) atoms. The van der Waals surface area contributed by atoms with Crippen molar-refractivity contribution in [1.29, 1.82) is 0 Å². The number of piperidine rings is 1. The number of nitrogens with zero attached hydrogens (tertiary/aromatic N) is 2. The number of aromatic nitrogens is 1. The van der Waals surface area contributed by atoms with Crippen LogP contribution in [0.4, 0.5) is 5.82 Å². The molecule has 1 aliphatic rings. The summed E-state index contributed by atoms with van der Waals surface area (Å²) < 4.78 is 5.19. The van der Waals surface area contributed by atoms with Gasteiger partial charge in [-0.05, 0) is 62.7 Å². The molecule has 0 aromatic carbocycles. The first-order chi connectivity index (χ1) is 12.6. The summed E-state index contributed by atoms with van der Waals surface area (Å²) in [6.45, 7) is 4.16. The Bertz CT molecular complexity index is 737. The van der Waals surface area contributed by atoms with E-state index >= 15 is 0 Å². The lowest BCUT2D eigenvalue weighted by atomic mass is 9.96. The third kappa shape index (κ3) is 5.16. The fourth-order valence-electron chi connectivity index (χ4n) is 3.04. The van der Waals surface area contributed by atoms with Crippen LogP contribution in [0.5, 0.6) is 0 Å². The molecule has 2 aromatic rings. The van der Waals surface area contributed by atoms with Crippen LogP contribution in [0.15, 0.2) is 41.1 Å². The van der Waals surface area contributed by atoms with E-state index in [1.54, 1.807) is 18.5 Å². The van der Waals surface area contributed by atoms with E-state index in [1.165, 1.54) is 0 Å². The van der Waals surface area contributed by atoms with Crippen molar-refractivity contribution in [2.24, 2.45) is 5.92 Å². The first-order valence-electron chi connectivity index (χ1n) is 8.85. The molecule has 1 aliphatic heterocycles. The monoisotopic (exact) mass is 356 g/mol. The van der Waals surface area contributed by atoms with Crippen molar-refractivity contribution in [3.05, 3.63) is 48.0 Å². The normalized spacial score (nSPS) is 15.6. The highest BCUT2D eigenvalue weighted by Crippen LogP contribution is 2.19. The molecule has 0 aliphatic carbocycles. The van der Waals surface area contributed by atoms with Gasteiger partial charge in [-0.15, -0.1) is 0 Å². The van der Waals surface area contributed by atoms with E-state index in [2.05, 4.69) is 20.5 Å². The van der Waals surface area contributed by atoms with E-state index in [0.717, 1.165) is 37.3 Å². The Morgan fingerprint density at radius 2 is 2.12 bits per heavy atom. The number of carbonyl (C=O) groups is 2. The minimum absolute atomic E-state index is 0.00465. The lowest BCUT2D eigenvalue weighted by Gasteiger charge is -2.30. The van der Waals surface area contributed by atoms with Gasteiger partial charge < -0.3 is 15.1 Å². The average Bonchev–Trinajstić information content (AvgIpc) is 3.14. The molecule has 0 bridgehead atoms. The Kier molecular flexibility index (Phi) is 6.01. The summed E-state index contributed by atoms with van der Waals surface area (Å²) in [5.74, 6) is 1.26. The second-order valence-electron chi connectivity index (χ2n) is 6.61. The van der Waals surface area contributed by atoms with Crippen molar-refractivity contribution in [3.8, 4) is 0 Å². The van der Waals surface area contributed by atoms with E-state index in [4.69, 9.17) is 4.42 Å². The largest absolute Gasteiger partial charge is 0.467 e. The number of pyridine rings is 1. The maximum Gasteiger partial charge on any atom is 0.234 e. The van der Waals surface area contributed by atoms with Gasteiger partial charge in [0.05, 0.1) is 19.4 Å². The Balaban J connectivity index is 1.39. The number of nitrogens with one attached hydrogen (secondary N) is 2. The highest BCUT2D eigenvalue weighted by atomic mass is 16.3. The van der Waals surface area contributed by atoms with E-state index in [9.17, 15) is 9.59 Å². The first kappa shape index (κ1) is 18.1. The second kappa shape index (κ2) is 8.62. The zero-order valence-electron chi connectivity index (χ0n) is 14.9. The number of likely N-dealkylation sites (tertiary alicyclic amines) is 1. The Hall–Kier alpha value is -2.67. The van der Waals surface area contributed by atoms with Crippen molar-refractivity contribution < 1.29 is 14.0 Å². The number of anilines is 1. The summed E-state index contributed by atoms with van der Waals surface area (Å²) in [6, 6.07) is 7.37. The van der Waals surface area contributed by atoms with Crippen LogP contribution in [0.3, 0.4) is 0 Å². The van der Waals surface area contributed by atoms with E-state index in [-0.39, 0.29) is 17.7 Å². The van der Waals surface area contributed by atoms with Crippen LogP contribution >= 0.6 is 0 Å². The van der Waals surface area contributed by atoms with Gasteiger partial charge in [-0.3, -0.25) is 14.5 Å². The van der Waals surface area contributed by atoms with Crippen LogP contribution in [0.1, 0.15) is 24.2 Å². The molecule has 0 radical (unpaired) electrons. The van der Waals surface area contributed by atoms with Crippen molar-refractivity contribution in [3.63, 3.8) is 0 Å². The van der Waals surface area contributed by atoms with Crippen LogP contribution in [0, 0.1) is 12.8 Å². The Morgan fingerprint density at radius 3 is 2.81 bits per heavy atom. The summed E-state index contributed by atoms with van der Waals surface area (Å²) in [5, 5.41) is 5.73. The third-order valence-corrected chi connectivity index (χ3v) is 4.53. The van der Waals surface area contributed by atoms with Gasteiger partial charge in [-0.25, -0.2) is 4.98 Å². The van der Waals surface area contributed by atoms with Gasteiger partial charge in [-0.2, -0.15) is 0 Å². The van der Waals surface area contributed by atoms with Gasteiger partial charge >= 0.3 is 0 Å². The lowest BCUT2D eigenvalue weighted by Crippen LogP contribution is -2.43. The molecule has 0 atom stereocenters. The second-order valence-corrected chi connectivity index (χ2v) is 6.61. The summed E-state index contributed by atoms with van der Waals surface area (Å²) in [7, 11) is 0. The number of hydrogen-bond donors (Lipinski definition) is 2. The van der Waals surface area contributed by atoms with Gasteiger partial charge in [0.15, 0.2) is 0 Å². The zero-order chi connectivity index (χ0) is 18.4. The molecule has 7 heteroatoms. The Morgan fingerprint density at radius 1 is 1.31 bits per heavy atom. The topological polar surface area (TPSA) is 87.5 Å². The van der Waals surface area contributed by atoms with Crippen molar-refractivity contribution in [2.75, 3.05) is 25.0 Å². The fraction of sp³-hybridized carbons (Fsp3) is 0.421. The zero-order valence-corrected chi connectivity index (χ0v) is 14.9. The minimum atomic E-state index is -0.0419. The van der Waals surface area contributed by atoms with Gasteiger partial charge in [0.2, 0.25) is 11.8 Å². The molecular weight excluding hydrogens is 332 g/mol. The molecule has 0 saturated carbocycles. The average molecular weight is 356 g/mol. The maximum absolute atomic E-state index is 12.4. The fourth-order valence-corrected chi connectivity index (χ4v) is 3.04. The maximum atomic E-state index is 12.4. The third-order valence-electron chi connectivity index (χ3n) is 4.53. The van der Waals surface area contributed by atoms with Crippen LogP contribution in [0.2, 0.25) is 0 Å².